The smallest absolute Gasteiger partial charge is 0.135 e. The van der Waals surface area contributed by atoms with Gasteiger partial charge in [0.05, 0.1) is 6.04 Å². The summed E-state index contributed by atoms with van der Waals surface area (Å²) in [5, 5.41) is 6.62. The molecule has 6 nitrogen and oxygen atoms in total. The Balaban J connectivity index is 1.52. The van der Waals surface area contributed by atoms with Crippen LogP contribution >= 0.6 is 0 Å². The molecule has 0 spiro atoms. The number of hydrogen-bond donors (Lipinski definition) is 2. The van der Waals surface area contributed by atoms with E-state index < -0.39 is 0 Å². The van der Waals surface area contributed by atoms with Gasteiger partial charge in [0.1, 0.15) is 23.3 Å². The quantitative estimate of drug-likeness (QED) is 0.871. The first-order valence-corrected chi connectivity index (χ1v) is 9.48. The van der Waals surface area contributed by atoms with Crippen molar-refractivity contribution in [3.8, 4) is 0 Å². The lowest BCUT2D eigenvalue weighted by Crippen LogP contribution is -2.37. The van der Waals surface area contributed by atoms with Crippen molar-refractivity contribution in [1.29, 1.82) is 0 Å². The molecule has 1 saturated carbocycles. The van der Waals surface area contributed by atoms with Crippen molar-refractivity contribution in [2.24, 2.45) is 16.3 Å². The van der Waals surface area contributed by atoms with E-state index in [4.69, 9.17) is 0 Å². The predicted molar refractivity (Wildman–Crippen MR) is 106 cm³/mol. The number of amidine groups is 1. The molecule has 138 valence electrons. The molecule has 3 aliphatic rings. The van der Waals surface area contributed by atoms with E-state index in [2.05, 4.69) is 63.1 Å². The Morgan fingerprint density at radius 3 is 2.77 bits per heavy atom. The Morgan fingerprint density at radius 2 is 2.04 bits per heavy atom. The molecule has 0 aromatic carbocycles. The van der Waals surface area contributed by atoms with Gasteiger partial charge in [-0.2, -0.15) is 0 Å². The molecular formula is C20H28N6. The van der Waals surface area contributed by atoms with Crippen LogP contribution in [0.5, 0.6) is 0 Å². The fourth-order valence-corrected chi connectivity index (χ4v) is 3.71. The summed E-state index contributed by atoms with van der Waals surface area (Å²) in [4.78, 5) is 16.3. The normalized spacial score (nSPS) is 26.3. The Morgan fingerprint density at radius 1 is 1.27 bits per heavy atom. The maximum atomic E-state index is 4.68. The van der Waals surface area contributed by atoms with E-state index in [9.17, 15) is 0 Å². The van der Waals surface area contributed by atoms with E-state index in [-0.39, 0.29) is 0 Å². The van der Waals surface area contributed by atoms with Crippen LogP contribution in [0, 0.1) is 18.3 Å². The lowest BCUT2D eigenvalue weighted by atomic mass is 9.83. The number of nitrogens with zero attached hydrogens (tertiary/aromatic N) is 4. The van der Waals surface area contributed by atoms with Crippen LogP contribution < -0.4 is 15.5 Å². The zero-order chi connectivity index (χ0) is 18.3. The maximum absolute atomic E-state index is 4.68. The van der Waals surface area contributed by atoms with Crippen LogP contribution in [-0.2, 0) is 0 Å². The standard InChI is InChI=1S/C20H28N6/c1-5-21-17-11-16(14-10-15(14)24-17)25-18-12-19(23-13(2)22-18)26-8-6-20(3,4)7-9-26/h5,11-12,14-15H,1,6-10H2,2-4H3,(H,21,24)(H,22,23,25). The number of rotatable bonds is 4. The molecule has 0 bridgehead atoms. The van der Waals surface area contributed by atoms with Gasteiger partial charge in [0.2, 0.25) is 0 Å². The van der Waals surface area contributed by atoms with Gasteiger partial charge in [-0.15, -0.1) is 0 Å². The predicted octanol–water partition coefficient (Wildman–Crippen LogP) is 3.24. The molecule has 1 aliphatic carbocycles. The number of aryl methyl sites for hydroxylation is 1. The number of piperidine rings is 1. The first kappa shape index (κ1) is 17.1. The van der Waals surface area contributed by atoms with Gasteiger partial charge in [-0.25, -0.2) is 9.97 Å². The Hall–Kier alpha value is -2.37. The Kier molecular flexibility index (Phi) is 4.21. The van der Waals surface area contributed by atoms with Crippen molar-refractivity contribution in [1.82, 2.24) is 15.3 Å². The third kappa shape index (κ3) is 3.59. The first-order valence-electron chi connectivity index (χ1n) is 9.48. The molecule has 2 aliphatic heterocycles. The number of aliphatic imine (C=N–C) groups is 1. The molecule has 2 fully saturated rings. The molecule has 2 unspecified atom stereocenters. The summed E-state index contributed by atoms with van der Waals surface area (Å²) >= 11 is 0. The number of aromatic nitrogens is 2. The molecule has 2 atom stereocenters. The fraction of sp³-hybridized carbons (Fsp3) is 0.550. The molecule has 1 saturated heterocycles. The molecule has 1 aromatic rings. The van der Waals surface area contributed by atoms with Gasteiger partial charge in [0, 0.05) is 36.8 Å². The van der Waals surface area contributed by atoms with Crippen LogP contribution in [0.4, 0.5) is 11.6 Å². The third-order valence-corrected chi connectivity index (χ3v) is 5.54. The van der Waals surface area contributed by atoms with Crippen LogP contribution in [0.1, 0.15) is 38.9 Å². The molecule has 3 heterocycles. The van der Waals surface area contributed by atoms with Crippen LogP contribution in [0.25, 0.3) is 0 Å². The number of dihydropyridines is 1. The van der Waals surface area contributed by atoms with Crippen LogP contribution in [-0.4, -0.2) is 34.9 Å². The Labute approximate surface area is 155 Å². The minimum atomic E-state index is 0.386. The molecule has 0 amide bonds. The average Bonchev–Trinajstić information content (AvgIpc) is 3.34. The first-order chi connectivity index (χ1) is 12.4. The summed E-state index contributed by atoms with van der Waals surface area (Å²) in [6.45, 7) is 12.5. The summed E-state index contributed by atoms with van der Waals surface area (Å²) in [6, 6.07) is 2.47. The summed E-state index contributed by atoms with van der Waals surface area (Å²) in [7, 11) is 0. The molecule has 6 heteroatoms. The van der Waals surface area contributed by atoms with E-state index >= 15 is 0 Å². The lowest BCUT2D eigenvalue weighted by molar-refractivity contribution is 0.279. The van der Waals surface area contributed by atoms with Gasteiger partial charge in [-0.05, 0) is 37.8 Å². The zero-order valence-electron chi connectivity index (χ0n) is 15.9. The van der Waals surface area contributed by atoms with Crippen LogP contribution in [0.3, 0.4) is 0 Å². The number of nitrogens with one attached hydrogen (secondary N) is 2. The second kappa shape index (κ2) is 6.41. The molecule has 0 radical (unpaired) electrons. The van der Waals surface area contributed by atoms with Crippen molar-refractivity contribution in [3.05, 3.63) is 36.4 Å². The highest BCUT2D eigenvalue weighted by molar-refractivity contribution is 5.96. The van der Waals surface area contributed by atoms with Crippen molar-refractivity contribution in [3.63, 3.8) is 0 Å². The van der Waals surface area contributed by atoms with Crippen LogP contribution in [0.2, 0.25) is 0 Å². The topological polar surface area (TPSA) is 65.4 Å². The largest absolute Gasteiger partial charge is 0.356 e. The molecule has 1 aromatic heterocycles. The summed E-state index contributed by atoms with van der Waals surface area (Å²) in [5.74, 6) is 4.05. The summed E-state index contributed by atoms with van der Waals surface area (Å²) in [5.41, 5.74) is 1.61. The maximum Gasteiger partial charge on any atom is 0.135 e. The molecule has 2 N–H and O–H groups in total. The molecule has 4 rings (SSSR count). The summed E-state index contributed by atoms with van der Waals surface area (Å²) in [6.07, 6.45) is 7.22. The second-order valence-electron chi connectivity index (χ2n) is 8.31. The lowest BCUT2D eigenvalue weighted by Gasteiger charge is -2.37. The highest BCUT2D eigenvalue weighted by atomic mass is 15.2. The van der Waals surface area contributed by atoms with Gasteiger partial charge in [-0.1, -0.05) is 20.4 Å². The second-order valence-corrected chi connectivity index (χ2v) is 8.31. The number of anilines is 2. The van der Waals surface area contributed by atoms with Crippen molar-refractivity contribution in [2.75, 3.05) is 23.3 Å². The van der Waals surface area contributed by atoms with E-state index in [1.54, 1.807) is 6.20 Å². The van der Waals surface area contributed by atoms with Crippen molar-refractivity contribution < 1.29 is 0 Å². The van der Waals surface area contributed by atoms with Gasteiger partial charge in [0.25, 0.3) is 0 Å². The van der Waals surface area contributed by atoms with Gasteiger partial charge in [-0.3, -0.25) is 4.99 Å². The third-order valence-electron chi connectivity index (χ3n) is 5.54. The van der Waals surface area contributed by atoms with E-state index in [0.717, 1.165) is 42.8 Å². The highest BCUT2D eigenvalue weighted by Crippen LogP contribution is 2.42. The monoisotopic (exact) mass is 352 g/mol. The van der Waals surface area contributed by atoms with Crippen molar-refractivity contribution in [2.45, 2.75) is 46.1 Å². The number of fused-ring (bicyclic) bond motifs is 1. The van der Waals surface area contributed by atoms with Gasteiger partial charge < -0.3 is 15.5 Å². The molecule has 26 heavy (non-hydrogen) atoms. The fourth-order valence-electron chi connectivity index (χ4n) is 3.71. The van der Waals surface area contributed by atoms with E-state index in [1.807, 2.05) is 6.92 Å². The van der Waals surface area contributed by atoms with E-state index in [1.165, 1.54) is 18.5 Å². The highest BCUT2D eigenvalue weighted by Gasteiger charge is 2.43. The van der Waals surface area contributed by atoms with Crippen LogP contribution in [0.15, 0.2) is 35.6 Å². The van der Waals surface area contributed by atoms with Gasteiger partial charge >= 0.3 is 0 Å². The minimum absolute atomic E-state index is 0.386. The minimum Gasteiger partial charge on any atom is -0.356 e. The van der Waals surface area contributed by atoms with Gasteiger partial charge in [0.15, 0.2) is 0 Å². The van der Waals surface area contributed by atoms with E-state index in [0.29, 0.717) is 17.4 Å². The Bertz CT molecular complexity index is 769. The summed E-state index contributed by atoms with van der Waals surface area (Å²) < 4.78 is 0. The number of hydrogen-bond acceptors (Lipinski definition) is 6. The van der Waals surface area contributed by atoms with Crippen molar-refractivity contribution >= 4 is 17.5 Å². The average molecular weight is 352 g/mol. The zero-order valence-corrected chi connectivity index (χ0v) is 15.9. The SMILES string of the molecule is C=CNC1=NC2CC2C(Nc2cc(N3CCC(C)(C)CC3)nc(C)n2)=C1. The molecular weight excluding hydrogens is 324 g/mol.